The Bertz CT molecular complexity index is 868. The van der Waals surface area contributed by atoms with Crippen LogP contribution >= 0.6 is 23.1 Å². The molecule has 10 heteroatoms. The Morgan fingerprint density at radius 3 is 2.70 bits per heavy atom. The minimum atomic E-state index is -3.42. The van der Waals surface area contributed by atoms with Crippen LogP contribution in [0.1, 0.15) is 31.7 Å². The lowest BCUT2D eigenvalue weighted by Crippen LogP contribution is -2.32. The van der Waals surface area contributed by atoms with Crippen molar-refractivity contribution in [2.75, 3.05) is 28.2 Å². The highest BCUT2D eigenvalue weighted by atomic mass is 32.2. The maximum atomic E-state index is 12.1. The largest absolute Gasteiger partial charge is 0.301 e. The number of hydrogen-bond acceptors (Lipinski definition) is 7. The second kappa shape index (κ2) is 10.0. The smallest absolute Gasteiger partial charge is 0.232 e. The van der Waals surface area contributed by atoms with Gasteiger partial charge in [-0.15, -0.1) is 10.2 Å². The number of nitrogens with one attached hydrogen (secondary N) is 1. The van der Waals surface area contributed by atoms with Gasteiger partial charge in [-0.3, -0.25) is 9.10 Å². The van der Waals surface area contributed by atoms with Crippen LogP contribution in [0.5, 0.6) is 0 Å². The van der Waals surface area contributed by atoms with Gasteiger partial charge >= 0.3 is 0 Å². The molecule has 2 aromatic rings. The predicted octanol–water partition coefficient (Wildman–Crippen LogP) is 3.53. The highest BCUT2D eigenvalue weighted by molar-refractivity contribution is 8.01. The third kappa shape index (κ3) is 6.78. The lowest BCUT2D eigenvalue weighted by molar-refractivity contribution is -0.116. The molecule has 0 saturated heterocycles. The third-order valence-electron chi connectivity index (χ3n) is 3.63. The first-order valence-electron chi connectivity index (χ1n) is 8.60. The Hall–Kier alpha value is -1.65. The quantitative estimate of drug-likeness (QED) is 0.460. The molecule has 7 nitrogen and oxygen atoms in total. The van der Waals surface area contributed by atoms with Gasteiger partial charge in [-0.05, 0) is 31.4 Å². The molecule has 1 amide bonds. The fraction of sp³-hybridized carbons (Fsp3) is 0.471. The van der Waals surface area contributed by atoms with Gasteiger partial charge in [-0.1, -0.05) is 48.2 Å². The van der Waals surface area contributed by atoms with Crippen LogP contribution in [0.15, 0.2) is 28.6 Å². The summed E-state index contributed by atoms with van der Waals surface area (Å²) in [5.41, 5.74) is 1.51. The molecule has 0 aliphatic carbocycles. The lowest BCUT2D eigenvalue weighted by Gasteiger charge is -2.24. The van der Waals surface area contributed by atoms with Gasteiger partial charge in [0, 0.05) is 18.7 Å². The van der Waals surface area contributed by atoms with Crippen molar-refractivity contribution in [1.82, 2.24) is 10.2 Å². The number of aryl methyl sites for hydroxylation is 1. The van der Waals surface area contributed by atoms with Crippen molar-refractivity contribution in [2.45, 2.75) is 37.4 Å². The second-order valence-electron chi connectivity index (χ2n) is 5.99. The average molecular weight is 429 g/mol. The van der Waals surface area contributed by atoms with Gasteiger partial charge in [0.05, 0.1) is 11.9 Å². The van der Waals surface area contributed by atoms with Crippen LogP contribution < -0.4 is 9.62 Å². The van der Waals surface area contributed by atoms with E-state index in [0.29, 0.717) is 17.2 Å². The Morgan fingerprint density at radius 2 is 2.04 bits per heavy atom. The summed E-state index contributed by atoms with van der Waals surface area (Å²) in [5.74, 6) is 0.763. The maximum Gasteiger partial charge on any atom is 0.232 e. The molecule has 0 atom stereocenters. The van der Waals surface area contributed by atoms with Gasteiger partial charge < -0.3 is 5.32 Å². The molecule has 0 radical (unpaired) electrons. The number of thioether (sulfide) groups is 1. The normalized spacial score (nSPS) is 11.4. The van der Waals surface area contributed by atoms with E-state index in [2.05, 4.69) is 22.4 Å². The standard InChI is InChI=1S/C17H24N4O3S3/c1-4-12-25-17-20-19-16(26-17)18-15(22)10-7-11-21(27(3,23)24)14-9-6-5-8-13(14)2/h5-6,8-9H,4,7,10-12H2,1-3H3,(H,18,19,22). The summed E-state index contributed by atoms with van der Waals surface area (Å²) in [5, 5.41) is 11.2. The minimum Gasteiger partial charge on any atom is -0.301 e. The number of hydrogen-bond donors (Lipinski definition) is 1. The van der Waals surface area contributed by atoms with Crippen LogP contribution in [0.25, 0.3) is 0 Å². The van der Waals surface area contributed by atoms with Crippen LogP contribution in [0, 0.1) is 6.92 Å². The van der Waals surface area contributed by atoms with Crippen LogP contribution in [-0.2, 0) is 14.8 Å². The molecule has 1 aromatic heterocycles. The number of anilines is 2. The number of nitrogens with zero attached hydrogens (tertiary/aromatic N) is 3. The first-order chi connectivity index (χ1) is 12.8. The molecule has 0 spiro atoms. The van der Waals surface area contributed by atoms with Gasteiger partial charge in [-0.25, -0.2) is 8.42 Å². The van der Waals surface area contributed by atoms with Crippen LogP contribution in [-0.4, -0.2) is 43.1 Å². The third-order valence-corrected chi connectivity index (χ3v) is 6.99. The van der Waals surface area contributed by atoms with Gasteiger partial charge in [0.2, 0.25) is 21.1 Å². The molecule has 1 heterocycles. The topological polar surface area (TPSA) is 92.3 Å². The zero-order valence-corrected chi connectivity index (χ0v) is 18.1. The van der Waals surface area contributed by atoms with E-state index in [-0.39, 0.29) is 18.9 Å². The molecule has 0 unspecified atom stereocenters. The van der Waals surface area contributed by atoms with E-state index < -0.39 is 10.0 Å². The van der Waals surface area contributed by atoms with E-state index in [9.17, 15) is 13.2 Å². The minimum absolute atomic E-state index is 0.198. The second-order valence-corrected chi connectivity index (χ2v) is 10.2. The van der Waals surface area contributed by atoms with Crippen LogP contribution in [0.4, 0.5) is 10.8 Å². The summed E-state index contributed by atoms with van der Waals surface area (Å²) in [6.07, 6.45) is 2.83. The highest BCUT2D eigenvalue weighted by Gasteiger charge is 2.19. The zero-order valence-electron chi connectivity index (χ0n) is 15.6. The van der Waals surface area contributed by atoms with E-state index in [1.54, 1.807) is 23.9 Å². The van der Waals surface area contributed by atoms with Crippen molar-refractivity contribution in [2.24, 2.45) is 0 Å². The Labute approximate surface area is 168 Å². The number of carbonyl (C=O) groups is 1. The highest BCUT2D eigenvalue weighted by Crippen LogP contribution is 2.26. The Morgan fingerprint density at radius 1 is 1.30 bits per heavy atom. The summed E-state index contributed by atoms with van der Waals surface area (Å²) in [6.45, 7) is 4.20. The molecular formula is C17H24N4O3S3. The van der Waals surface area contributed by atoms with Crippen molar-refractivity contribution in [3.8, 4) is 0 Å². The van der Waals surface area contributed by atoms with Crippen molar-refractivity contribution >= 4 is 49.8 Å². The Balaban J connectivity index is 1.90. The fourth-order valence-electron chi connectivity index (χ4n) is 2.38. The summed E-state index contributed by atoms with van der Waals surface area (Å²) in [7, 11) is -3.42. The summed E-state index contributed by atoms with van der Waals surface area (Å²) in [4.78, 5) is 12.1. The number of sulfonamides is 1. The molecule has 2 rings (SSSR count). The zero-order chi connectivity index (χ0) is 19.9. The molecule has 1 aromatic carbocycles. The molecule has 0 aliphatic rings. The Kier molecular flexibility index (Phi) is 8.06. The van der Waals surface area contributed by atoms with Crippen molar-refractivity contribution in [3.63, 3.8) is 0 Å². The summed E-state index contributed by atoms with van der Waals surface area (Å²) < 4.78 is 26.5. The molecule has 0 saturated carbocycles. The predicted molar refractivity (Wildman–Crippen MR) is 112 cm³/mol. The first kappa shape index (κ1) is 21.6. The number of aromatic nitrogens is 2. The van der Waals surface area contributed by atoms with Crippen molar-refractivity contribution in [1.29, 1.82) is 0 Å². The van der Waals surface area contributed by atoms with Gasteiger partial charge in [0.25, 0.3) is 0 Å². The van der Waals surface area contributed by atoms with Crippen molar-refractivity contribution in [3.05, 3.63) is 29.8 Å². The van der Waals surface area contributed by atoms with E-state index in [4.69, 9.17) is 0 Å². The van der Waals surface area contributed by atoms with E-state index in [0.717, 1.165) is 22.1 Å². The summed E-state index contributed by atoms with van der Waals surface area (Å²) >= 11 is 2.96. The average Bonchev–Trinajstić information content (AvgIpc) is 3.04. The van der Waals surface area contributed by atoms with E-state index in [1.807, 2.05) is 19.1 Å². The van der Waals surface area contributed by atoms with Crippen LogP contribution in [0.2, 0.25) is 0 Å². The van der Waals surface area contributed by atoms with Gasteiger partial charge in [0.1, 0.15) is 0 Å². The number of amides is 1. The monoisotopic (exact) mass is 428 g/mol. The number of para-hydroxylation sites is 1. The molecule has 148 valence electrons. The molecule has 0 bridgehead atoms. The SMILES string of the molecule is CCCSc1nnc(NC(=O)CCCN(c2ccccc2C)S(C)(=O)=O)s1. The lowest BCUT2D eigenvalue weighted by atomic mass is 10.2. The number of carbonyl (C=O) groups excluding carboxylic acids is 1. The molecule has 0 aliphatic heterocycles. The number of rotatable bonds is 10. The molecule has 1 N–H and O–H groups in total. The maximum absolute atomic E-state index is 12.1. The number of benzene rings is 1. The first-order valence-corrected chi connectivity index (χ1v) is 12.3. The van der Waals surface area contributed by atoms with Gasteiger partial charge in [0.15, 0.2) is 4.34 Å². The van der Waals surface area contributed by atoms with E-state index >= 15 is 0 Å². The fourth-order valence-corrected chi connectivity index (χ4v) is 5.10. The van der Waals surface area contributed by atoms with Crippen molar-refractivity contribution < 1.29 is 13.2 Å². The van der Waals surface area contributed by atoms with Crippen LogP contribution in [0.3, 0.4) is 0 Å². The van der Waals surface area contributed by atoms with Gasteiger partial charge in [-0.2, -0.15) is 0 Å². The molecule has 0 fully saturated rings. The summed E-state index contributed by atoms with van der Waals surface area (Å²) in [6, 6.07) is 7.30. The van der Waals surface area contributed by atoms with E-state index in [1.165, 1.54) is 21.9 Å². The molecular weight excluding hydrogens is 404 g/mol. The molecule has 27 heavy (non-hydrogen) atoms.